The predicted molar refractivity (Wildman–Crippen MR) is 176 cm³/mol. The monoisotopic (exact) mass is 627 g/mol. The number of hydrogen-bond acceptors (Lipinski definition) is 7. The fourth-order valence-electron chi connectivity index (χ4n) is 5.92. The Labute approximate surface area is 263 Å². The summed E-state index contributed by atoms with van der Waals surface area (Å²) in [7, 11) is 3.38. The zero-order valence-corrected chi connectivity index (χ0v) is 26.4. The summed E-state index contributed by atoms with van der Waals surface area (Å²) in [4.78, 5) is 49.2. The number of benzene rings is 3. The molecule has 0 atom stereocenters. The minimum absolute atomic E-state index is 0.0243. The van der Waals surface area contributed by atoms with Gasteiger partial charge in [0.2, 0.25) is 5.91 Å². The zero-order valence-electron chi connectivity index (χ0n) is 24.8. The van der Waals surface area contributed by atoms with Crippen molar-refractivity contribution in [2.45, 2.75) is 42.5 Å². The fourth-order valence-corrected chi connectivity index (χ4v) is 7.84. The molecule has 0 saturated heterocycles. The second-order valence-corrected chi connectivity index (χ2v) is 13.0. The van der Waals surface area contributed by atoms with Gasteiger partial charge < -0.3 is 10.1 Å². The average molecular weight is 628 g/mol. The maximum Gasteiger partial charge on any atom is 0.295 e. The molecule has 0 spiro atoms. The minimum atomic E-state index is -1.25. The molecule has 226 valence electrons. The number of rotatable bonds is 9. The largest absolute Gasteiger partial charge is 0.497 e. The van der Waals surface area contributed by atoms with Crippen molar-refractivity contribution in [2.24, 2.45) is 7.05 Å². The number of aromatic nitrogens is 3. The van der Waals surface area contributed by atoms with Gasteiger partial charge in [-0.3, -0.25) is 24.0 Å². The van der Waals surface area contributed by atoms with E-state index in [2.05, 4.69) is 10.3 Å². The van der Waals surface area contributed by atoms with Crippen LogP contribution in [0, 0.1) is 6.92 Å². The van der Waals surface area contributed by atoms with Gasteiger partial charge in [0.25, 0.3) is 11.5 Å². The predicted octanol–water partition coefficient (Wildman–Crippen LogP) is 6.18. The van der Waals surface area contributed by atoms with E-state index in [1.54, 1.807) is 47.8 Å². The van der Waals surface area contributed by atoms with Gasteiger partial charge in [-0.15, -0.1) is 11.3 Å². The highest BCUT2D eigenvalue weighted by molar-refractivity contribution is 8.01. The van der Waals surface area contributed by atoms with E-state index in [-0.39, 0.29) is 28.8 Å². The first-order valence-electron chi connectivity index (χ1n) is 14.4. The maximum atomic E-state index is 14.5. The van der Waals surface area contributed by atoms with E-state index in [0.29, 0.717) is 35.7 Å². The molecular weight excluding hydrogens is 595 g/mol. The first-order valence-corrected chi connectivity index (χ1v) is 16.2. The van der Waals surface area contributed by atoms with E-state index >= 15 is 0 Å². The summed E-state index contributed by atoms with van der Waals surface area (Å²) < 4.78 is 10.4. The average Bonchev–Trinajstić information content (AvgIpc) is 3.75. The third-order valence-corrected chi connectivity index (χ3v) is 10.4. The van der Waals surface area contributed by atoms with Crippen LogP contribution in [-0.4, -0.2) is 44.6 Å². The van der Waals surface area contributed by atoms with Crippen LogP contribution in [0.3, 0.4) is 0 Å². The van der Waals surface area contributed by atoms with Crippen LogP contribution >= 0.6 is 23.1 Å². The number of fused-ring (bicyclic) bond motifs is 1. The smallest absolute Gasteiger partial charge is 0.295 e. The van der Waals surface area contributed by atoms with Gasteiger partial charge in [-0.1, -0.05) is 54.9 Å². The molecule has 9 nitrogen and oxygen atoms in total. The Balaban J connectivity index is 1.42. The Morgan fingerprint density at radius 2 is 1.70 bits per heavy atom. The number of anilines is 2. The number of nitrogens with one attached hydrogen (secondary N) is 1. The molecule has 5 aromatic rings. The summed E-state index contributed by atoms with van der Waals surface area (Å²) in [6, 6.07) is 24.2. The van der Waals surface area contributed by atoms with Gasteiger partial charge in [-0.2, -0.15) is 0 Å². The van der Waals surface area contributed by atoms with Crippen LogP contribution in [0.15, 0.2) is 88.0 Å². The van der Waals surface area contributed by atoms with Gasteiger partial charge >= 0.3 is 0 Å². The van der Waals surface area contributed by atoms with Crippen LogP contribution in [0.1, 0.15) is 31.4 Å². The van der Waals surface area contributed by atoms with Gasteiger partial charge in [0, 0.05) is 12.7 Å². The van der Waals surface area contributed by atoms with E-state index in [0.717, 1.165) is 27.4 Å². The number of carbonyl (C=O) groups excluding carboxylic acids is 2. The molecule has 44 heavy (non-hydrogen) atoms. The highest BCUT2D eigenvalue weighted by Crippen LogP contribution is 2.41. The summed E-state index contributed by atoms with van der Waals surface area (Å²) in [5.74, 6) is 0.0688. The first kappa shape index (κ1) is 29.7. The van der Waals surface area contributed by atoms with Gasteiger partial charge in [-0.05, 0) is 68.3 Å². The third kappa shape index (κ3) is 5.41. The molecule has 2 heterocycles. The quantitative estimate of drug-likeness (QED) is 0.196. The molecule has 1 aliphatic rings. The van der Waals surface area contributed by atoms with Crippen molar-refractivity contribution < 1.29 is 14.3 Å². The Kier molecular flexibility index (Phi) is 8.33. The number of amides is 2. The molecule has 1 aliphatic carbocycles. The molecule has 1 fully saturated rings. The fraction of sp³-hybridized carbons (Fsp3) is 0.273. The number of ether oxygens (including phenoxy) is 1. The van der Waals surface area contributed by atoms with E-state index in [1.807, 2.05) is 61.5 Å². The molecule has 2 amide bonds. The minimum Gasteiger partial charge on any atom is -0.497 e. The Bertz CT molecular complexity index is 1840. The summed E-state index contributed by atoms with van der Waals surface area (Å²) in [6.07, 6.45) is 2.38. The summed E-state index contributed by atoms with van der Waals surface area (Å²) in [5, 5.41) is 3.04. The standard InChI is InChI=1S/C33H33N5O4S2/c1-22-29(30(40)38(36(22)2)24-11-5-4-6-12-24)37(28(39)21-43-32-35-26-13-7-8-14-27(26)44-32)33(19-9-10-20-33)31(41)34-23-15-17-25(42-3)18-16-23/h4-8,11-18H,9-10,19-21H2,1-3H3,(H,34,41). The van der Waals surface area contributed by atoms with Crippen molar-refractivity contribution in [3.8, 4) is 11.4 Å². The van der Waals surface area contributed by atoms with E-state index in [9.17, 15) is 14.4 Å². The Morgan fingerprint density at radius 3 is 2.39 bits per heavy atom. The molecule has 3 aromatic carbocycles. The lowest BCUT2D eigenvalue weighted by Gasteiger charge is -2.39. The SMILES string of the molecule is COc1ccc(NC(=O)C2(N(C(=O)CSc3nc4ccccc4s3)c3c(C)n(C)n(-c4ccccc4)c3=O)CCCC2)cc1. The second kappa shape index (κ2) is 12.3. The molecule has 11 heteroatoms. The summed E-state index contributed by atoms with van der Waals surface area (Å²) >= 11 is 2.85. The van der Waals surface area contributed by atoms with Crippen molar-refractivity contribution in [3.05, 3.63) is 94.9 Å². The molecular formula is C33H33N5O4S2. The first-order chi connectivity index (χ1) is 21.3. The van der Waals surface area contributed by atoms with Crippen LogP contribution in [-0.2, 0) is 16.6 Å². The van der Waals surface area contributed by atoms with Gasteiger partial charge in [0.05, 0.1) is 34.5 Å². The molecule has 2 aromatic heterocycles. The van der Waals surface area contributed by atoms with E-state index < -0.39 is 5.54 Å². The molecule has 0 bridgehead atoms. The number of thioether (sulfide) groups is 1. The van der Waals surface area contributed by atoms with Crippen LogP contribution in [0.25, 0.3) is 15.9 Å². The van der Waals surface area contributed by atoms with Crippen LogP contribution < -0.4 is 20.5 Å². The normalized spacial score (nSPS) is 14.1. The number of hydrogen-bond donors (Lipinski definition) is 1. The zero-order chi connectivity index (χ0) is 30.8. The lowest BCUT2D eigenvalue weighted by atomic mass is 9.92. The van der Waals surface area contributed by atoms with E-state index in [4.69, 9.17) is 4.74 Å². The molecule has 1 N–H and O–H groups in total. The third-order valence-electron chi connectivity index (χ3n) is 8.22. The van der Waals surface area contributed by atoms with Gasteiger partial charge in [-0.25, -0.2) is 9.67 Å². The molecule has 0 unspecified atom stereocenters. The number of carbonyl (C=O) groups is 2. The number of nitrogens with zero attached hydrogens (tertiary/aromatic N) is 4. The number of para-hydroxylation sites is 2. The number of methoxy groups -OCH3 is 1. The highest BCUT2D eigenvalue weighted by atomic mass is 32.2. The summed E-state index contributed by atoms with van der Waals surface area (Å²) in [5.41, 5.74) is 1.36. The van der Waals surface area contributed by atoms with Crippen LogP contribution in [0.4, 0.5) is 11.4 Å². The van der Waals surface area contributed by atoms with Crippen molar-refractivity contribution in [2.75, 3.05) is 23.1 Å². The maximum absolute atomic E-state index is 14.5. The van der Waals surface area contributed by atoms with Crippen molar-refractivity contribution >= 4 is 56.5 Å². The Morgan fingerprint density at radius 1 is 1.02 bits per heavy atom. The summed E-state index contributed by atoms with van der Waals surface area (Å²) in [6.45, 7) is 1.82. The van der Waals surface area contributed by atoms with Crippen molar-refractivity contribution in [1.29, 1.82) is 0 Å². The molecule has 0 radical (unpaired) electrons. The lowest BCUT2D eigenvalue weighted by molar-refractivity contribution is -0.126. The molecule has 6 rings (SSSR count). The van der Waals surface area contributed by atoms with Gasteiger partial charge in [0.15, 0.2) is 4.34 Å². The topological polar surface area (TPSA) is 98.5 Å². The van der Waals surface area contributed by atoms with Crippen LogP contribution in [0.2, 0.25) is 0 Å². The van der Waals surface area contributed by atoms with E-state index in [1.165, 1.54) is 28.0 Å². The van der Waals surface area contributed by atoms with Crippen molar-refractivity contribution in [3.63, 3.8) is 0 Å². The lowest BCUT2D eigenvalue weighted by Crippen LogP contribution is -2.59. The molecule has 0 aliphatic heterocycles. The Hall–Kier alpha value is -4.35. The second-order valence-electron chi connectivity index (χ2n) is 10.8. The van der Waals surface area contributed by atoms with Gasteiger partial charge in [0.1, 0.15) is 17.0 Å². The highest BCUT2D eigenvalue weighted by Gasteiger charge is 2.51. The number of thiazole rings is 1. The molecule has 1 saturated carbocycles. The van der Waals surface area contributed by atoms with Crippen LogP contribution in [0.5, 0.6) is 5.75 Å². The van der Waals surface area contributed by atoms with Crippen molar-refractivity contribution in [1.82, 2.24) is 14.3 Å².